The fraction of sp³-hybridized carbons (Fsp3) is 0.143. The van der Waals surface area contributed by atoms with Crippen molar-refractivity contribution in [3.05, 3.63) is 41.7 Å². The van der Waals surface area contributed by atoms with Crippen LogP contribution >= 0.6 is 11.6 Å². The van der Waals surface area contributed by atoms with Gasteiger partial charge in [-0.2, -0.15) is 0 Å². The average Bonchev–Trinajstić information content (AvgIpc) is 2.39. The van der Waals surface area contributed by atoms with Gasteiger partial charge in [-0.1, -0.05) is 29.7 Å². The van der Waals surface area contributed by atoms with Crippen LogP contribution in [0.1, 0.15) is 6.92 Å². The second-order valence-electron chi connectivity index (χ2n) is 3.47. The Bertz CT molecular complexity index is 602. The Morgan fingerprint density at radius 3 is 2.94 bits per heavy atom. The van der Waals surface area contributed by atoms with Gasteiger partial charge in [-0.05, 0) is 19.1 Å². The third-order valence-corrected chi connectivity index (χ3v) is 2.47. The van der Waals surface area contributed by atoms with Crippen LogP contribution in [0, 0.1) is 11.8 Å². The summed E-state index contributed by atoms with van der Waals surface area (Å²) in [7, 11) is 0. The van der Waals surface area contributed by atoms with Crippen LogP contribution in [-0.4, -0.2) is 16.6 Å². The van der Waals surface area contributed by atoms with Gasteiger partial charge in [-0.3, -0.25) is 0 Å². The lowest BCUT2D eigenvalue weighted by Crippen LogP contribution is -1.97. The van der Waals surface area contributed by atoms with E-state index in [-0.39, 0.29) is 0 Å². The lowest BCUT2D eigenvalue weighted by molar-refractivity contribution is 0.355. The van der Waals surface area contributed by atoms with Gasteiger partial charge in [0.2, 0.25) is 5.88 Å². The molecular weight excluding hydrogens is 248 g/mol. The molecule has 1 aromatic heterocycles. The predicted octanol–water partition coefficient (Wildman–Crippen LogP) is 3.20. The summed E-state index contributed by atoms with van der Waals surface area (Å²) in [6.07, 6.45) is 1.46. The maximum Gasteiger partial charge on any atom is 0.217 e. The van der Waals surface area contributed by atoms with E-state index in [0.29, 0.717) is 17.5 Å². The van der Waals surface area contributed by atoms with Gasteiger partial charge >= 0.3 is 0 Å². The summed E-state index contributed by atoms with van der Waals surface area (Å²) in [6, 6.07) is 9.25. The van der Waals surface area contributed by atoms with E-state index in [1.54, 1.807) is 13.0 Å². The molecule has 1 heterocycles. The summed E-state index contributed by atoms with van der Waals surface area (Å²) >= 11 is 5.94. The van der Waals surface area contributed by atoms with Crippen molar-refractivity contribution in [1.82, 2.24) is 9.97 Å². The highest BCUT2D eigenvalue weighted by atomic mass is 35.5. The summed E-state index contributed by atoms with van der Waals surface area (Å²) < 4.78 is 5.38. The van der Waals surface area contributed by atoms with Crippen LogP contribution in [0.4, 0.5) is 0 Å². The van der Waals surface area contributed by atoms with Crippen LogP contribution in [0.15, 0.2) is 36.7 Å². The monoisotopic (exact) mass is 258 g/mol. The van der Waals surface area contributed by atoms with E-state index in [1.165, 1.54) is 6.33 Å². The molecule has 0 fully saturated rings. The molecule has 0 aliphatic rings. The Balaban J connectivity index is 2.23. The first kappa shape index (κ1) is 12.4. The van der Waals surface area contributed by atoms with E-state index >= 15 is 0 Å². The minimum atomic E-state index is 0.322. The van der Waals surface area contributed by atoms with Crippen LogP contribution in [0.2, 0.25) is 5.02 Å². The van der Waals surface area contributed by atoms with Crippen molar-refractivity contribution in [3.63, 3.8) is 0 Å². The van der Waals surface area contributed by atoms with Crippen LogP contribution in [0.5, 0.6) is 5.88 Å². The van der Waals surface area contributed by atoms with Gasteiger partial charge in [0.1, 0.15) is 6.33 Å². The Morgan fingerprint density at radius 2 is 2.17 bits per heavy atom. The Hall–Kier alpha value is -2.05. The van der Waals surface area contributed by atoms with Crippen molar-refractivity contribution in [3.8, 4) is 29.0 Å². The highest BCUT2D eigenvalue weighted by Gasteiger charge is 2.03. The number of aromatic nitrogens is 2. The van der Waals surface area contributed by atoms with Crippen LogP contribution < -0.4 is 4.74 Å². The number of nitrogens with zero attached hydrogens (tertiary/aromatic N) is 2. The Labute approximate surface area is 111 Å². The van der Waals surface area contributed by atoms with E-state index in [1.807, 2.05) is 24.3 Å². The maximum absolute atomic E-state index is 5.94. The maximum atomic E-state index is 5.94. The molecule has 4 heteroatoms. The van der Waals surface area contributed by atoms with Gasteiger partial charge < -0.3 is 4.74 Å². The molecule has 0 N–H and O–H groups in total. The molecule has 0 saturated heterocycles. The number of hydrogen-bond donors (Lipinski definition) is 0. The van der Waals surface area contributed by atoms with Crippen molar-refractivity contribution in [2.75, 3.05) is 6.61 Å². The fourth-order valence-corrected chi connectivity index (χ4v) is 1.60. The minimum Gasteiger partial charge on any atom is -0.464 e. The number of rotatable bonds is 3. The third-order valence-electron chi connectivity index (χ3n) is 2.23. The number of benzene rings is 1. The summed E-state index contributed by atoms with van der Waals surface area (Å²) in [5.41, 5.74) is 1.70. The lowest BCUT2D eigenvalue weighted by atomic mass is 10.1. The quantitative estimate of drug-likeness (QED) is 0.793. The van der Waals surface area contributed by atoms with E-state index in [2.05, 4.69) is 21.8 Å². The van der Waals surface area contributed by atoms with Gasteiger partial charge in [-0.25, -0.2) is 9.97 Å². The highest BCUT2D eigenvalue weighted by molar-refractivity contribution is 6.30. The lowest BCUT2D eigenvalue weighted by Gasteiger charge is -2.04. The highest BCUT2D eigenvalue weighted by Crippen LogP contribution is 2.22. The summed E-state index contributed by atoms with van der Waals surface area (Å²) in [6.45, 7) is 2.09. The molecular formula is C14H11ClN2O. The molecule has 0 saturated carbocycles. The number of ether oxygens (including phenoxy) is 1. The first-order valence-electron chi connectivity index (χ1n) is 5.40. The zero-order valence-electron chi connectivity index (χ0n) is 9.85. The standard InChI is InChI=1S/C14H11ClN2O/c1-2-3-7-18-14-9-13(16-10-17-14)11-5-4-6-12(15)8-11/h4-6,8-10H,7H2,1H3. The largest absolute Gasteiger partial charge is 0.464 e. The predicted molar refractivity (Wildman–Crippen MR) is 71.4 cm³/mol. The van der Waals surface area contributed by atoms with Gasteiger partial charge in [0.05, 0.1) is 5.69 Å². The summed E-state index contributed by atoms with van der Waals surface area (Å²) in [5.74, 6) is 6.07. The molecule has 0 amide bonds. The molecule has 0 bridgehead atoms. The van der Waals surface area contributed by atoms with Crippen LogP contribution in [0.3, 0.4) is 0 Å². The summed E-state index contributed by atoms with van der Waals surface area (Å²) in [5, 5.41) is 0.672. The molecule has 0 aliphatic carbocycles. The van der Waals surface area contributed by atoms with E-state index in [0.717, 1.165) is 11.3 Å². The fourth-order valence-electron chi connectivity index (χ4n) is 1.41. The van der Waals surface area contributed by atoms with Gasteiger partial charge in [0, 0.05) is 16.7 Å². The molecule has 0 spiro atoms. The van der Waals surface area contributed by atoms with E-state index in [4.69, 9.17) is 16.3 Å². The van der Waals surface area contributed by atoms with Crippen molar-refractivity contribution < 1.29 is 4.74 Å². The first-order chi connectivity index (χ1) is 8.79. The molecule has 2 rings (SSSR count). The molecule has 0 aliphatic heterocycles. The van der Waals surface area contributed by atoms with E-state index in [9.17, 15) is 0 Å². The van der Waals surface area contributed by atoms with Crippen molar-refractivity contribution in [2.45, 2.75) is 6.92 Å². The summed E-state index contributed by atoms with van der Waals surface area (Å²) in [4.78, 5) is 8.22. The zero-order valence-corrected chi connectivity index (χ0v) is 10.6. The van der Waals surface area contributed by atoms with Gasteiger partial charge in [0.25, 0.3) is 0 Å². The smallest absolute Gasteiger partial charge is 0.217 e. The number of hydrogen-bond acceptors (Lipinski definition) is 3. The molecule has 3 nitrogen and oxygen atoms in total. The molecule has 90 valence electrons. The zero-order chi connectivity index (χ0) is 12.8. The number of halogens is 1. The third kappa shape index (κ3) is 3.22. The SMILES string of the molecule is CC#CCOc1cc(-c2cccc(Cl)c2)ncn1. The van der Waals surface area contributed by atoms with Crippen LogP contribution in [0.25, 0.3) is 11.3 Å². The molecule has 0 unspecified atom stereocenters. The second-order valence-corrected chi connectivity index (χ2v) is 3.90. The van der Waals surface area contributed by atoms with Gasteiger partial charge in [-0.15, -0.1) is 5.92 Å². The van der Waals surface area contributed by atoms with Crippen LogP contribution in [-0.2, 0) is 0 Å². The topological polar surface area (TPSA) is 35.0 Å². The first-order valence-corrected chi connectivity index (χ1v) is 5.78. The van der Waals surface area contributed by atoms with Gasteiger partial charge in [0.15, 0.2) is 6.61 Å². The Kier molecular flexibility index (Phi) is 4.16. The molecule has 2 aromatic rings. The van der Waals surface area contributed by atoms with Crippen molar-refractivity contribution in [2.24, 2.45) is 0 Å². The molecule has 1 aromatic carbocycles. The van der Waals surface area contributed by atoms with Crippen molar-refractivity contribution in [1.29, 1.82) is 0 Å². The van der Waals surface area contributed by atoms with E-state index < -0.39 is 0 Å². The molecule has 0 atom stereocenters. The second kappa shape index (κ2) is 6.04. The minimum absolute atomic E-state index is 0.322. The molecule has 0 radical (unpaired) electrons. The van der Waals surface area contributed by atoms with Crippen molar-refractivity contribution >= 4 is 11.6 Å². The Morgan fingerprint density at radius 1 is 1.28 bits per heavy atom. The average molecular weight is 259 g/mol. The normalized spacial score (nSPS) is 9.44. The molecule has 18 heavy (non-hydrogen) atoms.